The van der Waals surface area contributed by atoms with Crippen LogP contribution in [0.1, 0.15) is 15.9 Å². The van der Waals surface area contributed by atoms with Crippen molar-refractivity contribution in [1.82, 2.24) is 15.0 Å². The molecule has 0 unspecified atom stereocenters. The Kier molecular flexibility index (Phi) is 2.71. The predicted octanol–water partition coefficient (Wildman–Crippen LogP) is 2.77. The van der Waals surface area contributed by atoms with E-state index in [1.54, 1.807) is 13.0 Å². The minimum Gasteiger partial charge on any atom is -0.478 e. The topological polar surface area (TPSA) is 78.9 Å². The maximum atomic E-state index is 13.1. The number of carboxylic acids is 1. The molecule has 20 heavy (non-hydrogen) atoms. The molecule has 2 heterocycles. The molecular formula is C14H10FN3O2. The van der Waals surface area contributed by atoms with Crippen molar-refractivity contribution in [3.05, 3.63) is 47.4 Å². The molecular weight excluding hydrogens is 261 g/mol. The van der Waals surface area contributed by atoms with Crippen molar-refractivity contribution >= 4 is 17.1 Å². The molecule has 0 aliphatic carbocycles. The number of hydrogen-bond acceptors (Lipinski definition) is 3. The van der Waals surface area contributed by atoms with Crippen LogP contribution in [0.4, 0.5) is 4.39 Å². The van der Waals surface area contributed by atoms with Crippen LogP contribution in [0.5, 0.6) is 0 Å². The van der Waals surface area contributed by atoms with E-state index < -0.39 is 5.97 Å². The number of fused-ring (bicyclic) bond motifs is 1. The third-order valence-corrected chi connectivity index (χ3v) is 3.07. The Bertz CT molecular complexity index is 826. The number of carboxylic acid groups (broad SMARTS) is 1. The fourth-order valence-corrected chi connectivity index (χ4v) is 2.11. The van der Waals surface area contributed by atoms with Crippen LogP contribution in [-0.4, -0.2) is 26.0 Å². The molecule has 1 aromatic carbocycles. The molecule has 0 saturated carbocycles. The molecule has 0 amide bonds. The normalized spacial score (nSPS) is 10.9. The number of imidazole rings is 1. The predicted molar refractivity (Wildman–Crippen MR) is 71.0 cm³/mol. The molecule has 0 spiro atoms. The van der Waals surface area contributed by atoms with Gasteiger partial charge in [0.05, 0.1) is 11.1 Å². The zero-order valence-electron chi connectivity index (χ0n) is 10.5. The van der Waals surface area contributed by atoms with Gasteiger partial charge in [0.15, 0.2) is 5.65 Å². The Labute approximate surface area is 113 Å². The molecule has 2 aromatic heterocycles. The Hall–Kier alpha value is -2.76. The van der Waals surface area contributed by atoms with E-state index in [4.69, 9.17) is 5.11 Å². The van der Waals surface area contributed by atoms with E-state index >= 15 is 0 Å². The van der Waals surface area contributed by atoms with E-state index in [-0.39, 0.29) is 11.4 Å². The number of hydrogen-bond donors (Lipinski definition) is 2. The van der Waals surface area contributed by atoms with E-state index in [0.29, 0.717) is 28.1 Å². The Balaban J connectivity index is 2.23. The molecule has 0 saturated heterocycles. The van der Waals surface area contributed by atoms with Gasteiger partial charge in [0.2, 0.25) is 0 Å². The zero-order valence-corrected chi connectivity index (χ0v) is 10.5. The molecule has 2 N–H and O–H groups in total. The fourth-order valence-electron chi connectivity index (χ4n) is 2.11. The maximum absolute atomic E-state index is 13.1. The average molecular weight is 271 g/mol. The first-order valence-corrected chi connectivity index (χ1v) is 5.91. The molecule has 3 rings (SSSR count). The van der Waals surface area contributed by atoms with Gasteiger partial charge in [0, 0.05) is 11.8 Å². The highest BCUT2D eigenvalue weighted by atomic mass is 19.1. The number of benzene rings is 1. The van der Waals surface area contributed by atoms with Gasteiger partial charge in [0.1, 0.15) is 11.6 Å². The second-order valence-corrected chi connectivity index (χ2v) is 4.41. The molecule has 0 aliphatic rings. The van der Waals surface area contributed by atoms with Crippen molar-refractivity contribution in [2.24, 2.45) is 0 Å². The van der Waals surface area contributed by atoms with Gasteiger partial charge in [-0.2, -0.15) is 0 Å². The molecule has 0 bridgehead atoms. The summed E-state index contributed by atoms with van der Waals surface area (Å²) in [6.45, 7) is 1.76. The van der Waals surface area contributed by atoms with Gasteiger partial charge < -0.3 is 10.1 Å². The molecule has 0 fully saturated rings. The molecule has 3 aromatic rings. The number of aromatic nitrogens is 3. The first kappa shape index (κ1) is 12.3. The molecule has 0 atom stereocenters. The smallest absolute Gasteiger partial charge is 0.338 e. The van der Waals surface area contributed by atoms with Crippen molar-refractivity contribution in [2.45, 2.75) is 6.92 Å². The number of rotatable bonds is 2. The van der Waals surface area contributed by atoms with Crippen LogP contribution in [-0.2, 0) is 0 Å². The average Bonchev–Trinajstić information content (AvgIpc) is 2.81. The van der Waals surface area contributed by atoms with Gasteiger partial charge >= 0.3 is 5.97 Å². The lowest BCUT2D eigenvalue weighted by Gasteiger charge is -2.01. The number of aromatic amines is 1. The lowest BCUT2D eigenvalue weighted by Crippen LogP contribution is -1.97. The van der Waals surface area contributed by atoms with Crippen LogP contribution in [0.2, 0.25) is 0 Å². The summed E-state index contributed by atoms with van der Waals surface area (Å²) in [6, 6.07) is 5.74. The number of nitrogens with zero attached hydrogens (tertiary/aromatic N) is 2. The summed E-state index contributed by atoms with van der Waals surface area (Å²) < 4.78 is 13.1. The molecule has 5 nitrogen and oxygen atoms in total. The monoisotopic (exact) mass is 271 g/mol. The number of carbonyl (C=O) groups is 1. The van der Waals surface area contributed by atoms with E-state index in [0.717, 1.165) is 0 Å². The summed E-state index contributed by atoms with van der Waals surface area (Å²) in [7, 11) is 0. The quantitative estimate of drug-likeness (QED) is 0.751. The highest BCUT2D eigenvalue weighted by Gasteiger charge is 2.15. The molecule has 0 aliphatic heterocycles. The lowest BCUT2D eigenvalue weighted by molar-refractivity contribution is 0.0698. The van der Waals surface area contributed by atoms with Gasteiger partial charge in [-0.1, -0.05) is 0 Å². The van der Waals surface area contributed by atoms with Crippen molar-refractivity contribution in [1.29, 1.82) is 0 Å². The SMILES string of the molecule is Cc1cc(F)ccc1-c1nc2nccc(C(=O)O)c2[nH]1. The van der Waals surface area contributed by atoms with Crippen molar-refractivity contribution in [2.75, 3.05) is 0 Å². The van der Waals surface area contributed by atoms with Gasteiger partial charge in [-0.3, -0.25) is 0 Å². The van der Waals surface area contributed by atoms with Crippen molar-refractivity contribution < 1.29 is 14.3 Å². The van der Waals surface area contributed by atoms with Gasteiger partial charge in [-0.05, 0) is 36.8 Å². The minimum absolute atomic E-state index is 0.105. The van der Waals surface area contributed by atoms with Gasteiger partial charge in [-0.15, -0.1) is 0 Å². The van der Waals surface area contributed by atoms with Crippen LogP contribution in [0.25, 0.3) is 22.6 Å². The summed E-state index contributed by atoms with van der Waals surface area (Å²) in [5.41, 5.74) is 2.21. The van der Waals surface area contributed by atoms with E-state index in [1.165, 1.54) is 24.4 Å². The fraction of sp³-hybridized carbons (Fsp3) is 0.0714. The Morgan fingerprint density at radius 1 is 1.35 bits per heavy atom. The Morgan fingerprint density at radius 3 is 2.85 bits per heavy atom. The number of H-pyrrole nitrogens is 1. The first-order valence-electron chi connectivity index (χ1n) is 5.91. The number of pyridine rings is 1. The van der Waals surface area contributed by atoms with E-state index in [9.17, 15) is 9.18 Å². The summed E-state index contributed by atoms with van der Waals surface area (Å²) in [6.07, 6.45) is 1.40. The highest BCUT2D eigenvalue weighted by Crippen LogP contribution is 2.24. The molecule has 100 valence electrons. The van der Waals surface area contributed by atoms with Crippen molar-refractivity contribution in [3.8, 4) is 11.4 Å². The van der Waals surface area contributed by atoms with Crippen LogP contribution >= 0.6 is 0 Å². The zero-order chi connectivity index (χ0) is 14.3. The summed E-state index contributed by atoms with van der Waals surface area (Å²) in [5, 5.41) is 9.13. The maximum Gasteiger partial charge on any atom is 0.338 e. The lowest BCUT2D eigenvalue weighted by atomic mass is 10.1. The van der Waals surface area contributed by atoms with Crippen molar-refractivity contribution in [3.63, 3.8) is 0 Å². The van der Waals surface area contributed by atoms with E-state index in [2.05, 4.69) is 15.0 Å². The number of halogens is 1. The summed E-state index contributed by atoms with van der Waals surface area (Å²) in [4.78, 5) is 22.4. The van der Waals surface area contributed by atoms with Crippen LogP contribution < -0.4 is 0 Å². The standard InChI is InChI=1S/C14H10FN3O2/c1-7-6-8(15)2-3-9(7)12-17-11-10(14(19)20)4-5-16-13(11)18-12/h2-6H,1H3,(H,19,20)(H,16,17,18). The third-order valence-electron chi connectivity index (χ3n) is 3.07. The van der Waals surface area contributed by atoms with E-state index in [1.807, 2.05) is 0 Å². The first-order chi connectivity index (χ1) is 9.56. The second kappa shape index (κ2) is 4.41. The number of aromatic carboxylic acids is 1. The van der Waals surface area contributed by atoms with Gasteiger partial charge in [0.25, 0.3) is 0 Å². The van der Waals surface area contributed by atoms with Gasteiger partial charge in [-0.25, -0.2) is 19.2 Å². The summed E-state index contributed by atoms with van der Waals surface area (Å²) >= 11 is 0. The summed E-state index contributed by atoms with van der Waals surface area (Å²) in [5.74, 6) is -0.908. The highest BCUT2D eigenvalue weighted by molar-refractivity contribution is 6.00. The molecule has 6 heteroatoms. The largest absolute Gasteiger partial charge is 0.478 e. The number of nitrogens with one attached hydrogen (secondary N) is 1. The van der Waals surface area contributed by atoms with Crippen LogP contribution in [0, 0.1) is 12.7 Å². The van der Waals surface area contributed by atoms with Crippen LogP contribution in [0.3, 0.4) is 0 Å². The minimum atomic E-state index is -1.05. The third kappa shape index (κ3) is 1.91. The Morgan fingerprint density at radius 2 is 2.15 bits per heavy atom. The molecule has 0 radical (unpaired) electrons. The number of aryl methyl sites for hydroxylation is 1. The van der Waals surface area contributed by atoms with Crippen LogP contribution in [0.15, 0.2) is 30.5 Å². The second-order valence-electron chi connectivity index (χ2n) is 4.41.